The van der Waals surface area contributed by atoms with E-state index in [-0.39, 0.29) is 11.6 Å². The first-order valence-corrected chi connectivity index (χ1v) is 8.48. The Hall–Kier alpha value is -2.27. The summed E-state index contributed by atoms with van der Waals surface area (Å²) in [6.07, 6.45) is 4.69. The van der Waals surface area contributed by atoms with Crippen molar-refractivity contribution in [3.63, 3.8) is 0 Å². The molecule has 1 saturated heterocycles. The monoisotopic (exact) mass is 342 g/mol. The van der Waals surface area contributed by atoms with Gasteiger partial charge in [-0.2, -0.15) is 0 Å². The molecule has 3 rings (SSSR count). The highest BCUT2D eigenvalue weighted by Gasteiger charge is 2.42. The Morgan fingerprint density at radius 3 is 2.24 bits per heavy atom. The van der Waals surface area contributed by atoms with Crippen LogP contribution in [-0.2, 0) is 0 Å². The molecular formula is C20H26N2O3. The second-order valence-corrected chi connectivity index (χ2v) is 6.91. The summed E-state index contributed by atoms with van der Waals surface area (Å²) in [4.78, 5) is 4.14. The summed E-state index contributed by atoms with van der Waals surface area (Å²) in [7, 11) is 4.94. The molecule has 1 fully saturated rings. The zero-order valence-electron chi connectivity index (χ0n) is 15.5. The lowest BCUT2D eigenvalue weighted by molar-refractivity contribution is 0.319. The topological polar surface area (TPSA) is 52.6 Å². The molecule has 0 radical (unpaired) electrons. The van der Waals surface area contributed by atoms with Crippen LogP contribution in [0.15, 0.2) is 36.7 Å². The van der Waals surface area contributed by atoms with Gasteiger partial charge in [0.15, 0.2) is 11.5 Å². The van der Waals surface area contributed by atoms with E-state index in [0.717, 1.165) is 17.7 Å². The molecule has 1 aliphatic heterocycles. The molecule has 1 N–H and O–H groups in total. The van der Waals surface area contributed by atoms with Crippen LogP contribution in [0.3, 0.4) is 0 Å². The van der Waals surface area contributed by atoms with Gasteiger partial charge in [0.2, 0.25) is 5.75 Å². The van der Waals surface area contributed by atoms with Crippen LogP contribution in [0.2, 0.25) is 0 Å². The van der Waals surface area contributed by atoms with Crippen LogP contribution in [-0.4, -0.2) is 31.9 Å². The van der Waals surface area contributed by atoms with Crippen molar-refractivity contribution in [3.8, 4) is 17.2 Å². The van der Waals surface area contributed by atoms with Crippen molar-refractivity contribution in [3.05, 3.63) is 47.8 Å². The van der Waals surface area contributed by atoms with E-state index in [1.165, 1.54) is 5.56 Å². The summed E-state index contributed by atoms with van der Waals surface area (Å²) in [6.45, 7) is 4.48. The van der Waals surface area contributed by atoms with Crippen molar-refractivity contribution in [2.75, 3.05) is 21.3 Å². The first kappa shape index (κ1) is 17.5. The molecule has 0 aliphatic carbocycles. The number of hydrogen-bond acceptors (Lipinski definition) is 5. The minimum absolute atomic E-state index is 0.0375. The molecule has 0 amide bonds. The molecule has 2 heterocycles. The second kappa shape index (κ2) is 6.92. The summed E-state index contributed by atoms with van der Waals surface area (Å²) >= 11 is 0. The van der Waals surface area contributed by atoms with Crippen LogP contribution in [0.4, 0.5) is 0 Å². The number of rotatable bonds is 5. The summed E-state index contributed by atoms with van der Waals surface area (Å²) in [5.74, 6) is 2.42. The first-order chi connectivity index (χ1) is 12.0. The molecule has 0 unspecified atom stereocenters. The summed E-state index contributed by atoms with van der Waals surface area (Å²) in [5.41, 5.74) is 2.35. The Morgan fingerprint density at radius 2 is 1.64 bits per heavy atom. The quantitative estimate of drug-likeness (QED) is 0.898. The molecule has 5 nitrogen and oxygen atoms in total. The average Bonchev–Trinajstić information content (AvgIpc) is 2.96. The van der Waals surface area contributed by atoms with Gasteiger partial charge >= 0.3 is 0 Å². The van der Waals surface area contributed by atoms with Crippen LogP contribution in [0, 0.1) is 0 Å². The third kappa shape index (κ3) is 3.16. The van der Waals surface area contributed by atoms with E-state index < -0.39 is 0 Å². The molecule has 0 bridgehead atoms. The number of nitrogens with zero attached hydrogens (tertiary/aromatic N) is 1. The number of methoxy groups -OCH3 is 3. The van der Waals surface area contributed by atoms with Gasteiger partial charge < -0.3 is 19.5 Å². The molecule has 1 aromatic carbocycles. The van der Waals surface area contributed by atoms with Gasteiger partial charge in [0.25, 0.3) is 0 Å². The molecule has 1 aromatic heterocycles. The predicted octanol–water partition coefficient (Wildman–Crippen LogP) is 3.70. The molecule has 1 aliphatic rings. The zero-order valence-corrected chi connectivity index (χ0v) is 15.5. The van der Waals surface area contributed by atoms with E-state index in [1.54, 1.807) is 21.3 Å². The molecule has 2 atom stereocenters. The van der Waals surface area contributed by atoms with Crippen molar-refractivity contribution in [2.45, 2.75) is 37.8 Å². The number of aromatic nitrogens is 1. The van der Waals surface area contributed by atoms with Gasteiger partial charge in [0.05, 0.1) is 21.3 Å². The smallest absolute Gasteiger partial charge is 0.203 e. The van der Waals surface area contributed by atoms with E-state index >= 15 is 0 Å². The lowest BCUT2D eigenvalue weighted by Gasteiger charge is -2.27. The third-order valence-corrected chi connectivity index (χ3v) is 5.11. The van der Waals surface area contributed by atoms with Gasteiger partial charge in [-0.1, -0.05) is 0 Å². The van der Waals surface area contributed by atoms with Gasteiger partial charge in [0.1, 0.15) is 0 Å². The Bertz CT molecular complexity index is 731. The lowest BCUT2D eigenvalue weighted by Crippen LogP contribution is -2.37. The molecule has 25 heavy (non-hydrogen) atoms. The number of ether oxygens (including phenoxy) is 3. The van der Waals surface area contributed by atoms with Crippen LogP contribution in [0.1, 0.15) is 43.4 Å². The average molecular weight is 342 g/mol. The summed E-state index contributed by atoms with van der Waals surface area (Å²) in [5, 5.41) is 3.76. The molecule has 0 saturated carbocycles. The Morgan fingerprint density at radius 1 is 0.960 bits per heavy atom. The van der Waals surface area contributed by atoms with Crippen molar-refractivity contribution in [1.82, 2.24) is 10.3 Å². The fraction of sp³-hybridized carbons (Fsp3) is 0.450. The third-order valence-electron chi connectivity index (χ3n) is 5.11. The van der Waals surface area contributed by atoms with Crippen molar-refractivity contribution < 1.29 is 14.2 Å². The van der Waals surface area contributed by atoms with E-state index in [1.807, 2.05) is 18.5 Å². The van der Waals surface area contributed by atoms with Gasteiger partial charge in [-0.3, -0.25) is 4.98 Å². The van der Waals surface area contributed by atoms with Crippen molar-refractivity contribution >= 4 is 0 Å². The maximum Gasteiger partial charge on any atom is 0.203 e. The summed E-state index contributed by atoms with van der Waals surface area (Å²) in [6, 6.07) is 8.36. The molecule has 2 aromatic rings. The van der Waals surface area contributed by atoms with Crippen LogP contribution < -0.4 is 19.5 Å². The minimum atomic E-state index is -0.0375. The van der Waals surface area contributed by atoms with Crippen LogP contribution in [0.5, 0.6) is 17.2 Å². The number of benzene rings is 1. The van der Waals surface area contributed by atoms with E-state index in [4.69, 9.17) is 14.2 Å². The second-order valence-electron chi connectivity index (χ2n) is 6.91. The van der Waals surface area contributed by atoms with Crippen molar-refractivity contribution in [1.29, 1.82) is 0 Å². The lowest BCUT2D eigenvalue weighted by atomic mass is 9.83. The fourth-order valence-electron chi connectivity index (χ4n) is 3.89. The molecular weight excluding hydrogens is 316 g/mol. The Labute approximate surface area is 149 Å². The predicted molar refractivity (Wildman–Crippen MR) is 97.6 cm³/mol. The van der Waals surface area contributed by atoms with E-state index in [2.05, 4.69) is 42.3 Å². The Kier molecular flexibility index (Phi) is 4.86. The first-order valence-electron chi connectivity index (χ1n) is 8.48. The van der Waals surface area contributed by atoms with E-state index in [9.17, 15) is 0 Å². The highest BCUT2D eigenvalue weighted by Crippen LogP contribution is 2.49. The summed E-state index contributed by atoms with van der Waals surface area (Å²) < 4.78 is 16.6. The largest absolute Gasteiger partial charge is 0.493 e. The van der Waals surface area contributed by atoms with Gasteiger partial charge in [-0.15, -0.1) is 0 Å². The van der Waals surface area contributed by atoms with Gasteiger partial charge in [-0.05, 0) is 50.1 Å². The SMILES string of the molecule is COc1ccc([C@H]2C[C@@H](c3ccncc3)C(C)(C)N2)c(OC)c1OC. The molecule has 5 heteroatoms. The maximum absolute atomic E-state index is 5.68. The number of pyridine rings is 1. The Balaban J connectivity index is 1.98. The number of nitrogens with one attached hydrogen (secondary N) is 1. The normalized spacial score (nSPS) is 21.8. The minimum Gasteiger partial charge on any atom is -0.493 e. The zero-order chi connectivity index (χ0) is 18.0. The van der Waals surface area contributed by atoms with Gasteiger partial charge in [-0.25, -0.2) is 0 Å². The maximum atomic E-state index is 5.68. The van der Waals surface area contributed by atoms with E-state index in [0.29, 0.717) is 17.4 Å². The molecule has 134 valence electrons. The van der Waals surface area contributed by atoms with Crippen molar-refractivity contribution in [2.24, 2.45) is 0 Å². The van der Waals surface area contributed by atoms with Crippen LogP contribution >= 0.6 is 0 Å². The highest BCUT2D eigenvalue weighted by atomic mass is 16.5. The van der Waals surface area contributed by atoms with Gasteiger partial charge in [0, 0.05) is 35.5 Å². The van der Waals surface area contributed by atoms with Crippen LogP contribution in [0.25, 0.3) is 0 Å². The fourth-order valence-corrected chi connectivity index (χ4v) is 3.89. The highest BCUT2D eigenvalue weighted by molar-refractivity contribution is 5.57. The molecule has 0 spiro atoms. The number of hydrogen-bond donors (Lipinski definition) is 1. The standard InChI is InChI=1S/C20H26N2O3/c1-20(2)15(13-8-10-21-11-9-13)12-16(22-20)14-6-7-17(23-3)19(25-5)18(14)24-4/h6-11,15-16,22H,12H2,1-5H3/t15-,16+/m0/s1.